The Hall–Kier alpha value is 0.720. The van der Waals surface area contributed by atoms with Gasteiger partial charge in [-0.05, 0) is 0 Å². The largest absolute Gasteiger partial charge is 0.469 e. The normalized spacial score (nSPS) is 8.18. The summed E-state index contributed by atoms with van der Waals surface area (Å²) in [4.78, 5) is 16.0. The van der Waals surface area contributed by atoms with Gasteiger partial charge in [-0.15, -0.1) is 43.8 Å². The predicted molar refractivity (Wildman–Crippen MR) is 49.9 cm³/mol. The van der Waals surface area contributed by atoms with E-state index in [-0.39, 0.29) is 43.8 Å². The maximum atomic E-state index is 9.81. The predicted octanol–water partition coefficient (Wildman–Crippen LogP) is 1.55. The highest BCUT2D eigenvalue weighted by molar-refractivity contribution is 7.46. The van der Waals surface area contributed by atoms with Crippen LogP contribution in [0, 0.1) is 0 Å². The second kappa shape index (κ2) is 10.7. The Morgan fingerprint density at radius 3 is 1.82 bits per heavy atom. The van der Waals surface area contributed by atoms with Gasteiger partial charge in [0.15, 0.2) is 0 Å². The van der Waals surface area contributed by atoms with E-state index in [1.807, 2.05) is 0 Å². The minimum Gasteiger partial charge on any atom is -0.303 e. The fourth-order valence-corrected chi connectivity index (χ4v) is 0.449. The van der Waals surface area contributed by atoms with Crippen molar-refractivity contribution in [1.82, 2.24) is 0 Å². The Labute approximate surface area is 83.5 Å². The Bertz CT molecular complexity index is 124. The van der Waals surface area contributed by atoms with E-state index in [0.29, 0.717) is 0 Å². The van der Waals surface area contributed by atoms with Crippen molar-refractivity contribution >= 4 is 45.0 Å². The second-order valence-electron chi connectivity index (χ2n) is 1.08. The summed E-state index contributed by atoms with van der Waals surface area (Å²) in [5.41, 5.74) is 0. The van der Waals surface area contributed by atoms with E-state index < -0.39 is 7.82 Å². The van der Waals surface area contributed by atoms with Crippen LogP contribution in [0.25, 0.3) is 0 Å². The molecule has 0 atom stereocenters. The van der Waals surface area contributed by atoms with Gasteiger partial charge >= 0.3 is 7.82 Å². The lowest BCUT2D eigenvalue weighted by Crippen LogP contribution is -1.86. The third-order valence-electron chi connectivity index (χ3n) is 0.361. The maximum absolute atomic E-state index is 9.81. The molecule has 0 radical (unpaired) electrons. The lowest BCUT2D eigenvalue weighted by Gasteiger charge is -1.98. The molecule has 0 fully saturated rings. The van der Waals surface area contributed by atoms with Crippen LogP contribution in [0.3, 0.4) is 0 Å². The molecule has 0 amide bonds. The molecule has 0 bridgehead atoms. The summed E-state index contributed by atoms with van der Waals surface area (Å²) in [5.74, 6) is 0. The first-order valence-corrected chi connectivity index (χ1v) is 3.40. The second-order valence-corrected chi connectivity index (χ2v) is 2.31. The molecular formula is C3H10Cl3O4P. The summed E-state index contributed by atoms with van der Waals surface area (Å²) >= 11 is 0. The van der Waals surface area contributed by atoms with Gasteiger partial charge in [0.1, 0.15) is 0 Å². The topological polar surface area (TPSA) is 66.8 Å². The van der Waals surface area contributed by atoms with Crippen molar-refractivity contribution in [3.8, 4) is 0 Å². The molecule has 0 unspecified atom stereocenters. The van der Waals surface area contributed by atoms with Gasteiger partial charge in [0.25, 0.3) is 0 Å². The fraction of sp³-hybridized carbons (Fsp3) is 0.333. The number of phosphoric ester groups is 1. The average molecular weight is 247 g/mol. The lowest BCUT2D eigenvalue weighted by atomic mass is 10.7. The molecule has 0 aliphatic carbocycles. The molecule has 0 aliphatic rings. The maximum Gasteiger partial charge on any atom is 0.469 e. The molecule has 0 aliphatic heterocycles. The quantitative estimate of drug-likeness (QED) is 0.586. The van der Waals surface area contributed by atoms with Crippen molar-refractivity contribution in [2.24, 2.45) is 0 Å². The van der Waals surface area contributed by atoms with E-state index >= 15 is 0 Å². The van der Waals surface area contributed by atoms with Gasteiger partial charge in [-0.2, -0.15) is 0 Å². The first-order chi connectivity index (χ1) is 3.56. The van der Waals surface area contributed by atoms with E-state index in [2.05, 4.69) is 11.1 Å². The van der Waals surface area contributed by atoms with Crippen LogP contribution in [0.4, 0.5) is 0 Å². The van der Waals surface area contributed by atoms with Crippen molar-refractivity contribution in [3.05, 3.63) is 12.7 Å². The van der Waals surface area contributed by atoms with Crippen LogP contribution in [-0.4, -0.2) is 16.4 Å². The van der Waals surface area contributed by atoms with Crippen LogP contribution >= 0.6 is 45.0 Å². The smallest absolute Gasteiger partial charge is 0.303 e. The first-order valence-electron chi connectivity index (χ1n) is 1.87. The number of hydrogen-bond donors (Lipinski definition) is 2. The average Bonchev–Trinajstić information content (AvgIpc) is 1.59. The summed E-state index contributed by atoms with van der Waals surface area (Å²) in [6.45, 7) is 3.07. The Morgan fingerprint density at radius 2 is 1.73 bits per heavy atom. The molecule has 0 aromatic carbocycles. The van der Waals surface area contributed by atoms with Gasteiger partial charge in [0, 0.05) is 0 Å². The number of rotatable bonds is 3. The molecule has 8 heteroatoms. The third kappa shape index (κ3) is 24.9. The van der Waals surface area contributed by atoms with Crippen LogP contribution in [-0.2, 0) is 9.09 Å². The zero-order valence-electron chi connectivity index (χ0n) is 5.37. The molecule has 0 aromatic heterocycles. The van der Waals surface area contributed by atoms with E-state index in [9.17, 15) is 4.57 Å². The highest BCUT2D eigenvalue weighted by Crippen LogP contribution is 2.35. The van der Waals surface area contributed by atoms with Crippen molar-refractivity contribution in [2.75, 3.05) is 6.61 Å². The first kappa shape index (κ1) is 22.6. The van der Waals surface area contributed by atoms with Gasteiger partial charge in [0.05, 0.1) is 6.61 Å². The third-order valence-corrected chi connectivity index (χ3v) is 0.846. The van der Waals surface area contributed by atoms with Gasteiger partial charge in [-0.1, -0.05) is 6.08 Å². The molecule has 0 rings (SSSR count). The minimum atomic E-state index is -4.25. The van der Waals surface area contributed by atoms with Crippen LogP contribution in [0.15, 0.2) is 12.7 Å². The zero-order chi connectivity index (χ0) is 6.62. The highest BCUT2D eigenvalue weighted by atomic mass is 35.5. The summed E-state index contributed by atoms with van der Waals surface area (Å²) in [6, 6.07) is 0. The molecule has 2 N–H and O–H groups in total. The molecule has 0 saturated heterocycles. The van der Waals surface area contributed by atoms with E-state index in [4.69, 9.17) is 9.79 Å². The summed E-state index contributed by atoms with van der Waals surface area (Å²) in [5, 5.41) is 0. The van der Waals surface area contributed by atoms with E-state index in [1.54, 1.807) is 0 Å². The van der Waals surface area contributed by atoms with Gasteiger partial charge in [-0.3, -0.25) is 4.52 Å². The van der Waals surface area contributed by atoms with Gasteiger partial charge < -0.3 is 9.79 Å². The van der Waals surface area contributed by atoms with E-state index in [1.165, 1.54) is 6.08 Å². The van der Waals surface area contributed by atoms with Crippen LogP contribution in [0.2, 0.25) is 0 Å². The van der Waals surface area contributed by atoms with Gasteiger partial charge in [0.2, 0.25) is 0 Å². The SMILES string of the molecule is C=CCOP(=O)(O)O.Cl.Cl.Cl. The monoisotopic (exact) mass is 246 g/mol. The number of hydrogen-bond acceptors (Lipinski definition) is 2. The van der Waals surface area contributed by atoms with Crippen molar-refractivity contribution in [3.63, 3.8) is 0 Å². The molecular weight excluding hydrogens is 237 g/mol. The Morgan fingerprint density at radius 1 is 1.36 bits per heavy atom. The summed E-state index contributed by atoms with van der Waals surface area (Å²) < 4.78 is 13.7. The van der Waals surface area contributed by atoms with Crippen LogP contribution < -0.4 is 0 Å². The van der Waals surface area contributed by atoms with Crippen LogP contribution in [0.1, 0.15) is 0 Å². The number of phosphoric acid groups is 1. The summed E-state index contributed by atoms with van der Waals surface area (Å²) in [6.07, 6.45) is 1.26. The van der Waals surface area contributed by atoms with Crippen molar-refractivity contribution < 1.29 is 18.9 Å². The van der Waals surface area contributed by atoms with E-state index in [0.717, 1.165) is 0 Å². The Kier molecular flexibility index (Phi) is 22.0. The molecule has 0 saturated carbocycles. The summed E-state index contributed by atoms with van der Waals surface area (Å²) in [7, 11) is -4.25. The molecule has 4 nitrogen and oxygen atoms in total. The lowest BCUT2D eigenvalue weighted by molar-refractivity contribution is 0.216. The van der Waals surface area contributed by atoms with Crippen molar-refractivity contribution in [2.45, 2.75) is 0 Å². The molecule has 72 valence electrons. The van der Waals surface area contributed by atoms with Crippen molar-refractivity contribution in [1.29, 1.82) is 0 Å². The minimum absolute atomic E-state index is 0. The van der Waals surface area contributed by atoms with Crippen LogP contribution in [0.5, 0.6) is 0 Å². The molecule has 0 heterocycles. The Balaban J connectivity index is -0.0000000817. The number of halogens is 3. The molecule has 0 spiro atoms. The standard InChI is InChI=1S/C3H7O4P.3ClH/c1-2-3-7-8(4,5)6;;;/h2H,1,3H2,(H2,4,5,6);3*1H. The molecule has 11 heavy (non-hydrogen) atoms. The van der Waals surface area contributed by atoms with Gasteiger partial charge in [-0.25, -0.2) is 4.57 Å². The molecule has 0 aromatic rings. The highest BCUT2D eigenvalue weighted by Gasteiger charge is 2.10. The zero-order valence-corrected chi connectivity index (χ0v) is 8.72. The fourth-order valence-electron chi connectivity index (χ4n) is 0.150.